The van der Waals surface area contributed by atoms with E-state index in [1.165, 1.54) is 0 Å². The number of para-hydroxylation sites is 1. The van der Waals surface area contributed by atoms with Crippen molar-refractivity contribution in [1.29, 1.82) is 5.26 Å². The standard InChI is InChI=1S/C16H15NO2/c17-11-10-14(18)12-13-6-8-16(9-7-13)19-15-4-2-1-3-5-15/h1-9,14,18H,10,12H2/t14-/m0/s1. The molecule has 0 heterocycles. The molecule has 2 aromatic carbocycles. The molecule has 0 aliphatic rings. The molecule has 0 bridgehead atoms. The molecule has 3 nitrogen and oxygen atoms in total. The van der Waals surface area contributed by atoms with E-state index in [1.807, 2.05) is 60.7 Å². The van der Waals surface area contributed by atoms with E-state index < -0.39 is 6.10 Å². The van der Waals surface area contributed by atoms with E-state index in [2.05, 4.69) is 0 Å². The molecule has 0 aliphatic carbocycles. The summed E-state index contributed by atoms with van der Waals surface area (Å²) < 4.78 is 5.67. The largest absolute Gasteiger partial charge is 0.457 e. The van der Waals surface area contributed by atoms with E-state index in [0.717, 1.165) is 17.1 Å². The van der Waals surface area contributed by atoms with Crippen LogP contribution in [0.3, 0.4) is 0 Å². The number of rotatable bonds is 5. The summed E-state index contributed by atoms with van der Waals surface area (Å²) in [5.74, 6) is 1.55. The maximum absolute atomic E-state index is 9.55. The van der Waals surface area contributed by atoms with Gasteiger partial charge in [0.2, 0.25) is 0 Å². The van der Waals surface area contributed by atoms with Crippen molar-refractivity contribution in [3.63, 3.8) is 0 Å². The molecule has 0 aromatic heterocycles. The summed E-state index contributed by atoms with van der Waals surface area (Å²) in [6.45, 7) is 0. The Morgan fingerprint density at radius 1 is 1.00 bits per heavy atom. The molecule has 0 amide bonds. The van der Waals surface area contributed by atoms with Crippen molar-refractivity contribution >= 4 is 0 Å². The van der Waals surface area contributed by atoms with Crippen molar-refractivity contribution in [2.45, 2.75) is 18.9 Å². The van der Waals surface area contributed by atoms with E-state index >= 15 is 0 Å². The third-order valence-electron chi connectivity index (χ3n) is 2.70. The van der Waals surface area contributed by atoms with Gasteiger partial charge in [-0.25, -0.2) is 0 Å². The van der Waals surface area contributed by atoms with Gasteiger partial charge in [-0.05, 0) is 36.2 Å². The molecule has 0 unspecified atom stereocenters. The second-order valence-electron chi connectivity index (χ2n) is 4.28. The third-order valence-corrected chi connectivity index (χ3v) is 2.70. The van der Waals surface area contributed by atoms with Gasteiger partial charge in [0.25, 0.3) is 0 Å². The number of benzene rings is 2. The molecule has 1 N–H and O–H groups in total. The number of aliphatic hydroxyl groups excluding tert-OH is 1. The molecule has 0 fully saturated rings. The van der Waals surface area contributed by atoms with Crippen LogP contribution >= 0.6 is 0 Å². The highest BCUT2D eigenvalue weighted by molar-refractivity contribution is 5.33. The fourth-order valence-electron chi connectivity index (χ4n) is 1.77. The van der Waals surface area contributed by atoms with Gasteiger partial charge in [-0.15, -0.1) is 0 Å². The van der Waals surface area contributed by atoms with Crippen LogP contribution < -0.4 is 4.74 Å². The Kier molecular flexibility index (Phi) is 4.54. The summed E-state index contributed by atoms with van der Waals surface area (Å²) in [7, 11) is 0. The average molecular weight is 253 g/mol. The van der Waals surface area contributed by atoms with Crippen molar-refractivity contribution in [2.24, 2.45) is 0 Å². The summed E-state index contributed by atoms with van der Waals surface area (Å²) >= 11 is 0. The van der Waals surface area contributed by atoms with Gasteiger partial charge in [0.1, 0.15) is 11.5 Å². The molecule has 3 heteroatoms. The number of ether oxygens (including phenoxy) is 1. The highest BCUT2D eigenvalue weighted by Gasteiger charge is 2.05. The van der Waals surface area contributed by atoms with Crippen molar-refractivity contribution in [1.82, 2.24) is 0 Å². The van der Waals surface area contributed by atoms with Crippen LogP contribution in [0.4, 0.5) is 0 Å². The Bertz CT molecular complexity index is 543. The van der Waals surface area contributed by atoms with E-state index in [0.29, 0.717) is 6.42 Å². The molecule has 2 aromatic rings. The molecule has 1 atom stereocenters. The molecular weight excluding hydrogens is 238 g/mol. The van der Waals surface area contributed by atoms with Crippen LogP contribution in [0.15, 0.2) is 54.6 Å². The SMILES string of the molecule is N#CC[C@H](O)Cc1ccc(Oc2ccccc2)cc1. The monoisotopic (exact) mass is 253 g/mol. The maximum Gasteiger partial charge on any atom is 0.127 e. The van der Waals surface area contributed by atoms with Gasteiger partial charge in [-0.3, -0.25) is 0 Å². The minimum absolute atomic E-state index is 0.155. The molecule has 0 radical (unpaired) electrons. The molecule has 0 aliphatic heterocycles. The summed E-state index contributed by atoms with van der Waals surface area (Å²) in [6.07, 6.45) is 0.0347. The third kappa shape index (κ3) is 4.13. The Labute approximate surface area is 112 Å². The number of nitrogens with zero attached hydrogens (tertiary/aromatic N) is 1. The van der Waals surface area contributed by atoms with Gasteiger partial charge in [0.05, 0.1) is 18.6 Å². The first kappa shape index (κ1) is 13.1. The minimum atomic E-state index is -0.606. The van der Waals surface area contributed by atoms with Crippen molar-refractivity contribution in [3.05, 3.63) is 60.2 Å². The van der Waals surface area contributed by atoms with Gasteiger partial charge in [0, 0.05) is 0 Å². The van der Waals surface area contributed by atoms with E-state index in [9.17, 15) is 5.11 Å². The second kappa shape index (κ2) is 6.58. The Morgan fingerprint density at radius 2 is 1.63 bits per heavy atom. The van der Waals surface area contributed by atoms with E-state index in [4.69, 9.17) is 10.00 Å². The van der Waals surface area contributed by atoms with Crippen LogP contribution in [0.5, 0.6) is 11.5 Å². The van der Waals surface area contributed by atoms with Gasteiger partial charge >= 0.3 is 0 Å². The zero-order chi connectivity index (χ0) is 13.5. The van der Waals surface area contributed by atoms with Gasteiger partial charge in [-0.2, -0.15) is 5.26 Å². The number of hydrogen-bond donors (Lipinski definition) is 1. The van der Waals surface area contributed by atoms with Crippen LogP contribution in [0.1, 0.15) is 12.0 Å². The Hall–Kier alpha value is -2.31. The topological polar surface area (TPSA) is 53.2 Å². The quantitative estimate of drug-likeness (QED) is 0.889. The van der Waals surface area contributed by atoms with Crippen molar-refractivity contribution < 1.29 is 9.84 Å². The summed E-state index contributed by atoms with van der Waals surface area (Å²) in [5.41, 5.74) is 0.989. The molecule has 0 saturated carbocycles. The predicted octanol–water partition coefficient (Wildman–Crippen LogP) is 3.30. The minimum Gasteiger partial charge on any atom is -0.457 e. The lowest BCUT2D eigenvalue weighted by Crippen LogP contribution is -2.08. The van der Waals surface area contributed by atoms with Crippen molar-refractivity contribution in [3.8, 4) is 17.6 Å². The van der Waals surface area contributed by atoms with Crippen LogP contribution in [0.2, 0.25) is 0 Å². The Morgan fingerprint density at radius 3 is 2.26 bits per heavy atom. The zero-order valence-corrected chi connectivity index (χ0v) is 10.5. The van der Waals surface area contributed by atoms with E-state index in [1.54, 1.807) is 0 Å². The highest BCUT2D eigenvalue weighted by atomic mass is 16.5. The first-order valence-electron chi connectivity index (χ1n) is 6.15. The number of hydrogen-bond acceptors (Lipinski definition) is 3. The molecule has 0 saturated heterocycles. The second-order valence-corrected chi connectivity index (χ2v) is 4.28. The fraction of sp³-hybridized carbons (Fsp3) is 0.188. The fourth-order valence-corrected chi connectivity index (χ4v) is 1.77. The predicted molar refractivity (Wildman–Crippen MR) is 72.9 cm³/mol. The lowest BCUT2D eigenvalue weighted by atomic mass is 10.1. The molecule has 19 heavy (non-hydrogen) atoms. The van der Waals surface area contributed by atoms with Crippen LogP contribution in [-0.2, 0) is 6.42 Å². The highest BCUT2D eigenvalue weighted by Crippen LogP contribution is 2.21. The van der Waals surface area contributed by atoms with Crippen LogP contribution in [0, 0.1) is 11.3 Å². The summed E-state index contributed by atoms with van der Waals surface area (Å²) in [6, 6.07) is 19.0. The molecule has 96 valence electrons. The van der Waals surface area contributed by atoms with Crippen molar-refractivity contribution in [2.75, 3.05) is 0 Å². The zero-order valence-electron chi connectivity index (χ0n) is 10.5. The van der Waals surface area contributed by atoms with Crippen LogP contribution in [0.25, 0.3) is 0 Å². The first-order valence-corrected chi connectivity index (χ1v) is 6.15. The van der Waals surface area contributed by atoms with Gasteiger partial charge in [0.15, 0.2) is 0 Å². The molecular formula is C16H15NO2. The number of nitriles is 1. The van der Waals surface area contributed by atoms with Gasteiger partial charge in [-0.1, -0.05) is 30.3 Å². The lowest BCUT2D eigenvalue weighted by molar-refractivity contribution is 0.180. The molecule has 2 rings (SSSR count). The normalized spacial score (nSPS) is 11.6. The van der Waals surface area contributed by atoms with E-state index in [-0.39, 0.29) is 6.42 Å². The summed E-state index contributed by atoms with van der Waals surface area (Å²) in [5, 5.41) is 18.0. The summed E-state index contributed by atoms with van der Waals surface area (Å²) in [4.78, 5) is 0. The average Bonchev–Trinajstić information content (AvgIpc) is 2.42. The van der Waals surface area contributed by atoms with Crippen LogP contribution in [-0.4, -0.2) is 11.2 Å². The van der Waals surface area contributed by atoms with Gasteiger partial charge < -0.3 is 9.84 Å². The Balaban J connectivity index is 1.97. The lowest BCUT2D eigenvalue weighted by Gasteiger charge is -2.08. The smallest absolute Gasteiger partial charge is 0.127 e. The number of aliphatic hydroxyl groups is 1. The molecule has 0 spiro atoms. The maximum atomic E-state index is 9.55. The first-order chi connectivity index (χ1) is 9.28.